The molecule has 33 heavy (non-hydrogen) atoms. The van der Waals surface area contributed by atoms with Gasteiger partial charge in [0.25, 0.3) is 21.5 Å². The molecular weight excluding hydrogens is 444 g/mol. The molecule has 2 heterocycles. The number of carbonyl (C=O) groups excluding carboxylic acids is 1. The zero-order valence-electron chi connectivity index (χ0n) is 18.2. The van der Waals surface area contributed by atoms with E-state index < -0.39 is 15.9 Å². The number of nitrogens with one attached hydrogen (secondary N) is 2. The molecule has 11 heteroatoms. The molecule has 0 fully saturated rings. The molecule has 2 aromatic heterocycles. The Morgan fingerprint density at radius 2 is 1.61 bits per heavy atom. The van der Waals surface area contributed by atoms with E-state index in [9.17, 15) is 18.0 Å². The number of aromatic nitrogens is 4. The summed E-state index contributed by atoms with van der Waals surface area (Å²) in [6, 6.07) is 15.8. The predicted molar refractivity (Wildman–Crippen MR) is 122 cm³/mol. The summed E-state index contributed by atoms with van der Waals surface area (Å²) in [4.78, 5) is 28.0. The predicted octanol–water partition coefficient (Wildman–Crippen LogP) is 1.42. The van der Waals surface area contributed by atoms with E-state index in [1.54, 1.807) is 45.2 Å². The second kappa shape index (κ2) is 8.60. The van der Waals surface area contributed by atoms with E-state index in [0.29, 0.717) is 22.2 Å². The van der Waals surface area contributed by atoms with Gasteiger partial charge in [0.05, 0.1) is 23.3 Å². The maximum atomic E-state index is 13.0. The Labute approximate surface area is 189 Å². The van der Waals surface area contributed by atoms with Crippen molar-refractivity contribution in [2.24, 2.45) is 7.05 Å². The Hall–Kier alpha value is -3.83. The lowest BCUT2D eigenvalue weighted by atomic mass is 10.1. The summed E-state index contributed by atoms with van der Waals surface area (Å²) in [5.74, 6) is -0.796. The third kappa shape index (κ3) is 4.28. The normalized spacial score (nSPS) is 11.6. The van der Waals surface area contributed by atoms with Crippen LogP contribution in [0, 0.1) is 13.8 Å². The van der Waals surface area contributed by atoms with Crippen LogP contribution in [-0.2, 0) is 23.6 Å². The minimum absolute atomic E-state index is 0.0165. The summed E-state index contributed by atoms with van der Waals surface area (Å²) in [6.07, 6.45) is 0. The lowest BCUT2D eigenvalue weighted by Crippen LogP contribution is -2.43. The third-order valence-corrected chi connectivity index (χ3v) is 6.77. The van der Waals surface area contributed by atoms with E-state index >= 15 is 0 Å². The van der Waals surface area contributed by atoms with Crippen molar-refractivity contribution in [3.05, 3.63) is 87.6 Å². The summed E-state index contributed by atoms with van der Waals surface area (Å²) < 4.78 is 28.2. The smallest absolute Gasteiger partial charge is 0.272 e. The van der Waals surface area contributed by atoms with E-state index in [-0.39, 0.29) is 22.7 Å². The molecule has 1 amide bonds. The van der Waals surface area contributed by atoms with E-state index in [2.05, 4.69) is 20.5 Å². The average Bonchev–Trinajstić information content (AvgIpc) is 3.06. The van der Waals surface area contributed by atoms with Gasteiger partial charge in [0, 0.05) is 12.4 Å². The van der Waals surface area contributed by atoms with Gasteiger partial charge in [0.1, 0.15) is 4.90 Å². The van der Waals surface area contributed by atoms with Gasteiger partial charge in [-0.05, 0) is 25.5 Å². The van der Waals surface area contributed by atoms with Crippen LogP contribution in [0.5, 0.6) is 0 Å². The van der Waals surface area contributed by atoms with Crippen molar-refractivity contribution in [1.29, 1.82) is 0 Å². The maximum absolute atomic E-state index is 13.0. The van der Waals surface area contributed by atoms with Crippen molar-refractivity contribution >= 4 is 26.7 Å². The van der Waals surface area contributed by atoms with E-state index in [1.165, 1.54) is 9.36 Å². The Kier molecular flexibility index (Phi) is 5.83. The van der Waals surface area contributed by atoms with Gasteiger partial charge in [0.15, 0.2) is 5.69 Å². The van der Waals surface area contributed by atoms with Gasteiger partial charge < -0.3 is 0 Å². The van der Waals surface area contributed by atoms with Crippen molar-refractivity contribution in [1.82, 2.24) is 29.8 Å². The number of aryl methyl sites for hydroxylation is 2. The van der Waals surface area contributed by atoms with E-state index in [0.717, 1.165) is 5.56 Å². The largest absolute Gasteiger partial charge is 0.287 e. The molecule has 0 saturated heterocycles. The first-order valence-corrected chi connectivity index (χ1v) is 11.5. The molecule has 4 rings (SSSR count). The van der Waals surface area contributed by atoms with Crippen LogP contribution in [0.4, 0.5) is 0 Å². The number of sulfonamides is 1. The van der Waals surface area contributed by atoms with Crippen molar-refractivity contribution in [3.8, 4) is 0 Å². The zero-order valence-corrected chi connectivity index (χ0v) is 19.0. The maximum Gasteiger partial charge on any atom is 0.287 e. The average molecular weight is 467 g/mol. The van der Waals surface area contributed by atoms with E-state index in [4.69, 9.17) is 0 Å². The molecule has 0 aliphatic carbocycles. The summed E-state index contributed by atoms with van der Waals surface area (Å²) in [6.45, 7) is 3.34. The second-order valence-electron chi connectivity index (χ2n) is 7.53. The van der Waals surface area contributed by atoms with Gasteiger partial charge in [-0.1, -0.05) is 48.5 Å². The van der Waals surface area contributed by atoms with Crippen molar-refractivity contribution in [3.63, 3.8) is 0 Å². The van der Waals surface area contributed by atoms with Gasteiger partial charge in [-0.2, -0.15) is 10.2 Å². The standard InChI is InChI=1S/C22H22N6O4S/c1-14-20(15(2)27(3)24-14)33(31,32)26-23-21(29)19-17-11-7-8-12-18(17)22(30)28(25-19)13-16-9-5-4-6-10-16/h4-12,26H,13H2,1-3H3,(H,23,29). The number of benzene rings is 2. The van der Waals surface area contributed by atoms with Crippen LogP contribution in [0.15, 0.2) is 64.3 Å². The molecule has 2 N–H and O–H groups in total. The molecule has 0 atom stereocenters. The highest BCUT2D eigenvalue weighted by Crippen LogP contribution is 2.18. The first-order chi connectivity index (χ1) is 15.7. The molecule has 0 unspecified atom stereocenters. The van der Waals surface area contributed by atoms with Gasteiger partial charge in [-0.15, -0.1) is 4.83 Å². The summed E-state index contributed by atoms with van der Waals surface area (Å²) >= 11 is 0. The number of rotatable bonds is 6. The molecule has 0 bridgehead atoms. The van der Waals surface area contributed by atoms with Gasteiger partial charge in [0.2, 0.25) is 0 Å². The lowest BCUT2D eigenvalue weighted by molar-refractivity contribution is 0.0939. The molecule has 0 aliphatic rings. The van der Waals surface area contributed by atoms with Crippen molar-refractivity contribution in [2.75, 3.05) is 0 Å². The van der Waals surface area contributed by atoms with Crippen LogP contribution in [0.1, 0.15) is 27.4 Å². The number of amides is 1. The number of hydrogen-bond acceptors (Lipinski definition) is 6. The molecule has 4 aromatic rings. The monoisotopic (exact) mass is 466 g/mol. The summed E-state index contributed by atoms with van der Waals surface area (Å²) in [5.41, 5.74) is 3.34. The first kappa shape index (κ1) is 22.4. The molecular formula is C22H22N6O4S. The lowest BCUT2D eigenvalue weighted by Gasteiger charge is -2.12. The Bertz CT molecular complexity index is 1520. The highest BCUT2D eigenvalue weighted by molar-refractivity contribution is 7.89. The summed E-state index contributed by atoms with van der Waals surface area (Å²) in [5, 5.41) is 8.97. The first-order valence-electron chi connectivity index (χ1n) is 10.0. The molecule has 0 saturated carbocycles. The van der Waals surface area contributed by atoms with Crippen LogP contribution in [0.25, 0.3) is 10.8 Å². The minimum Gasteiger partial charge on any atom is -0.272 e. The highest BCUT2D eigenvalue weighted by atomic mass is 32.2. The highest BCUT2D eigenvalue weighted by Gasteiger charge is 2.25. The number of fused-ring (bicyclic) bond motifs is 1. The Balaban J connectivity index is 1.69. The van der Waals surface area contributed by atoms with Crippen LogP contribution in [-0.4, -0.2) is 33.9 Å². The molecule has 2 aromatic carbocycles. The Morgan fingerprint density at radius 1 is 0.970 bits per heavy atom. The van der Waals surface area contributed by atoms with Crippen molar-refractivity contribution in [2.45, 2.75) is 25.3 Å². The van der Waals surface area contributed by atoms with Gasteiger partial charge >= 0.3 is 0 Å². The minimum atomic E-state index is -4.09. The van der Waals surface area contributed by atoms with Crippen LogP contribution in [0.2, 0.25) is 0 Å². The van der Waals surface area contributed by atoms with Crippen LogP contribution >= 0.6 is 0 Å². The fraction of sp³-hybridized carbons (Fsp3) is 0.182. The van der Waals surface area contributed by atoms with Crippen molar-refractivity contribution < 1.29 is 13.2 Å². The molecule has 0 spiro atoms. The third-order valence-electron chi connectivity index (χ3n) is 5.27. The quantitative estimate of drug-likeness (QED) is 0.414. The SMILES string of the molecule is Cc1nn(C)c(C)c1S(=O)(=O)NNC(=O)c1nn(Cc2ccccc2)c(=O)c2ccccc12. The molecule has 10 nitrogen and oxygen atoms in total. The Morgan fingerprint density at radius 3 is 2.24 bits per heavy atom. The van der Waals surface area contributed by atoms with Gasteiger partial charge in [-0.3, -0.25) is 19.7 Å². The number of carbonyl (C=O) groups is 1. The number of nitrogens with zero attached hydrogens (tertiary/aromatic N) is 4. The zero-order chi connectivity index (χ0) is 23.8. The number of hydrogen-bond donors (Lipinski definition) is 2. The number of hydrazine groups is 1. The second-order valence-corrected chi connectivity index (χ2v) is 9.15. The molecule has 170 valence electrons. The molecule has 0 aliphatic heterocycles. The van der Waals surface area contributed by atoms with E-state index in [1.807, 2.05) is 30.3 Å². The fourth-order valence-corrected chi connectivity index (χ4v) is 4.91. The molecule has 0 radical (unpaired) electrons. The van der Waals surface area contributed by atoms with Gasteiger partial charge in [-0.25, -0.2) is 13.1 Å². The van der Waals surface area contributed by atoms with Crippen LogP contribution in [0.3, 0.4) is 0 Å². The summed E-state index contributed by atoms with van der Waals surface area (Å²) in [7, 11) is -2.45. The van der Waals surface area contributed by atoms with Crippen LogP contribution < -0.4 is 15.8 Å². The fourth-order valence-electron chi connectivity index (χ4n) is 3.63. The topological polar surface area (TPSA) is 128 Å².